The van der Waals surface area contributed by atoms with E-state index in [0.717, 1.165) is 25.9 Å². The van der Waals surface area contributed by atoms with Crippen LogP contribution >= 0.6 is 0 Å². The van der Waals surface area contributed by atoms with Crippen LogP contribution in [0, 0.1) is 5.92 Å². The van der Waals surface area contributed by atoms with Gasteiger partial charge < -0.3 is 10.6 Å². The van der Waals surface area contributed by atoms with Gasteiger partial charge in [0.15, 0.2) is 0 Å². The van der Waals surface area contributed by atoms with Crippen LogP contribution in [0.5, 0.6) is 0 Å². The van der Waals surface area contributed by atoms with E-state index in [1.165, 1.54) is 0 Å². The molecular weight excluding hydrogens is 252 g/mol. The number of amides is 1. The van der Waals surface area contributed by atoms with Crippen LogP contribution in [0.2, 0.25) is 0 Å². The molecule has 2 N–H and O–H groups in total. The molecule has 0 spiro atoms. The predicted octanol–water partition coefficient (Wildman–Crippen LogP) is 0.0695. The molecule has 2 heterocycles. The Labute approximate surface area is 109 Å². The molecule has 0 aromatic carbocycles. The fourth-order valence-electron chi connectivity index (χ4n) is 2.63. The third-order valence-corrected chi connectivity index (χ3v) is 5.58. The van der Waals surface area contributed by atoms with Crippen molar-refractivity contribution in [2.45, 2.75) is 38.1 Å². The van der Waals surface area contributed by atoms with Crippen molar-refractivity contribution in [1.82, 2.24) is 10.6 Å². The molecule has 104 valence electrons. The zero-order chi connectivity index (χ0) is 13.0. The van der Waals surface area contributed by atoms with Gasteiger partial charge in [-0.3, -0.25) is 4.79 Å². The summed E-state index contributed by atoms with van der Waals surface area (Å²) in [6.45, 7) is 2.09. The molecule has 2 fully saturated rings. The molecule has 18 heavy (non-hydrogen) atoms. The molecule has 0 aromatic rings. The van der Waals surface area contributed by atoms with E-state index in [0.29, 0.717) is 25.2 Å². The monoisotopic (exact) mass is 274 g/mol. The summed E-state index contributed by atoms with van der Waals surface area (Å²) in [7, 11) is -2.84. The SMILES string of the molecule is O=C(CCC1CCNC1)NC1CCS(=O)(=O)CC1. The molecule has 2 rings (SSSR count). The Morgan fingerprint density at radius 1 is 1.22 bits per heavy atom. The number of hydrogen-bond donors (Lipinski definition) is 2. The second kappa shape index (κ2) is 6.02. The van der Waals surface area contributed by atoms with E-state index >= 15 is 0 Å². The zero-order valence-electron chi connectivity index (χ0n) is 10.7. The summed E-state index contributed by atoms with van der Waals surface area (Å²) in [5, 5.41) is 6.24. The first-order chi connectivity index (χ1) is 8.55. The van der Waals surface area contributed by atoms with Crippen LogP contribution in [0.3, 0.4) is 0 Å². The van der Waals surface area contributed by atoms with Gasteiger partial charge in [0.1, 0.15) is 9.84 Å². The van der Waals surface area contributed by atoms with Gasteiger partial charge in [0.2, 0.25) is 5.91 Å². The summed E-state index contributed by atoms with van der Waals surface area (Å²) < 4.78 is 22.5. The molecular formula is C12H22N2O3S. The third kappa shape index (κ3) is 4.24. The van der Waals surface area contributed by atoms with Gasteiger partial charge in [-0.25, -0.2) is 8.42 Å². The van der Waals surface area contributed by atoms with E-state index in [9.17, 15) is 13.2 Å². The van der Waals surface area contributed by atoms with Crippen molar-refractivity contribution in [1.29, 1.82) is 0 Å². The average Bonchev–Trinajstić information content (AvgIpc) is 2.82. The smallest absolute Gasteiger partial charge is 0.220 e. The minimum absolute atomic E-state index is 0.0581. The van der Waals surface area contributed by atoms with E-state index in [1.54, 1.807) is 0 Å². The lowest BCUT2D eigenvalue weighted by atomic mass is 10.0. The molecule has 1 amide bonds. The van der Waals surface area contributed by atoms with E-state index in [1.807, 2.05) is 0 Å². The summed E-state index contributed by atoms with van der Waals surface area (Å²) in [6.07, 6.45) is 3.80. The van der Waals surface area contributed by atoms with Crippen molar-refractivity contribution < 1.29 is 13.2 Å². The first-order valence-corrected chi connectivity index (χ1v) is 8.58. The molecule has 0 bridgehead atoms. The predicted molar refractivity (Wildman–Crippen MR) is 70.0 cm³/mol. The molecule has 0 aliphatic carbocycles. The van der Waals surface area contributed by atoms with Crippen molar-refractivity contribution >= 4 is 15.7 Å². The fraction of sp³-hybridized carbons (Fsp3) is 0.917. The van der Waals surface area contributed by atoms with Crippen molar-refractivity contribution in [2.75, 3.05) is 24.6 Å². The van der Waals surface area contributed by atoms with E-state index in [2.05, 4.69) is 10.6 Å². The number of rotatable bonds is 4. The van der Waals surface area contributed by atoms with Crippen LogP contribution in [0.1, 0.15) is 32.1 Å². The molecule has 2 saturated heterocycles. The highest BCUT2D eigenvalue weighted by Crippen LogP contribution is 2.15. The van der Waals surface area contributed by atoms with Gasteiger partial charge >= 0.3 is 0 Å². The summed E-state index contributed by atoms with van der Waals surface area (Å²) in [6, 6.07) is 0.0581. The fourth-order valence-corrected chi connectivity index (χ4v) is 4.12. The molecule has 1 unspecified atom stereocenters. The van der Waals surface area contributed by atoms with Crippen LogP contribution in [-0.2, 0) is 14.6 Å². The Morgan fingerprint density at radius 3 is 2.56 bits per heavy atom. The second-order valence-corrected chi connectivity index (χ2v) is 7.69. The Balaban J connectivity index is 1.65. The lowest BCUT2D eigenvalue weighted by Gasteiger charge is -2.23. The van der Waals surface area contributed by atoms with Gasteiger partial charge in [-0.15, -0.1) is 0 Å². The lowest BCUT2D eigenvalue weighted by molar-refractivity contribution is -0.122. The summed E-state index contributed by atoms with van der Waals surface area (Å²) in [5.41, 5.74) is 0. The number of hydrogen-bond acceptors (Lipinski definition) is 4. The summed E-state index contributed by atoms with van der Waals surface area (Å²) in [5.74, 6) is 1.13. The standard InChI is InChI=1S/C12H22N2O3S/c15-12(2-1-10-3-6-13-9-10)14-11-4-7-18(16,17)8-5-11/h10-11,13H,1-9H2,(H,14,15). The van der Waals surface area contributed by atoms with Crippen LogP contribution in [-0.4, -0.2) is 45.0 Å². The maximum absolute atomic E-state index is 11.7. The number of carbonyl (C=O) groups excluding carboxylic acids is 1. The van der Waals surface area contributed by atoms with Crippen LogP contribution < -0.4 is 10.6 Å². The average molecular weight is 274 g/mol. The topological polar surface area (TPSA) is 75.3 Å². The molecule has 0 saturated carbocycles. The first-order valence-electron chi connectivity index (χ1n) is 6.76. The molecule has 6 heteroatoms. The molecule has 0 aromatic heterocycles. The molecule has 2 aliphatic heterocycles. The van der Waals surface area contributed by atoms with E-state index in [-0.39, 0.29) is 23.5 Å². The van der Waals surface area contributed by atoms with Crippen molar-refractivity contribution in [3.05, 3.63) is 0 Å². The van der Waals surface area contributed by atoms with Crippen molar-refractivity contribution in [2.24, 2.45) is 5.92 Å². The molecule has 1 atom stereocenters. The van der Waals surface area contributed by atoms with Crippen LogP contribution in [0.25, 0.3) is 0 Å². The molecule has 0 radical (unpaired) electrons. The Bertz CT molecular complexity index is 374. The van der Waals surface area contributed by atoms with Crippen LogP contribution in [0.15, 0.2) is 0 Å². The van der Waals surface area contributed by atoms with Crippen molar-refractivity contribution in [3.8, 4) is 0 Å². The van der Waals surface area contributed by atoms with Gasteiger partial charge in [-0.2, -0.15) is 0 Å². The van der Waals surface area contributed by atoms with Gasteiger partial charge in [-0.1, -0.05) is 0 Å². The van der Waals surface area contributed by atoms with Gasteiger partial charge in [-0.05, 0) is 44.7 Å². The number of nitrogens with one attached hydrogen (secondary N) is 2. The Hall–Kier alpha value is -0.620. The normalized spacial score (nSPS) is 28.1. The third-order valence-electron chi connectivity index (χ3n) is 3.86. The zero-order valence-corrected chi connectivity index (χ0v) is 11.5. The van der Waals surface area contributed by atoms with E-state index in [4.69, 9.17) is 0 Å². The minimum Gasteiger partial charge on any atom is -0.353 e. The largest absolute Gasteiger partial charge is 0.353 e. The highest BCUT2D eigenvalue weighted by Gasteiger charge is 2.24. The van der Waals surface area contributed by atoms with Crippen LogP contribution in [0.4, 0.5) is 0 Å². The quantitative estimate of drug-likeness (QED) is 0.761. The van der Waals surface area contributed by atoms with Gasteiger partial charge in [0.25, 0.3) is 0 Å². The Kier molecular flexibility index (Phi) is 4.61. The minimum atomic E-state index is -2.84. The second-order valence-electron chi connectivity index (χ2n) is 5.39. The maximum Gasteiger partial charge on any atom is 0.220 e. The Morgan fingerprint density at radius 2 is 1.94 bits per heavy atom. The maximum atomic E-state index is 11.7. The summed E-state index contributed by atoms with van der Waals surface area (Å²) in [4.78, 5) is 11.7. The molecule has 5 nitrogen and oxygen atoms in total. The van der Waals surface area contributed by atoms with Gasteiger partial charge in [0.05, 0.1) is 11.5 Å². The molecule has 2 aliphatic rings. The number of carbonyl (C=O) groups is 1. The van der Waals surface area contributed by atoms with E-state index < -0.39 is 9.84 Å². The summed E-state index contributed by atoms with van der Waals surface area (Å²) >= 11 is 0. The first kappa shape index (κ1) is 13.8. The highest BCUT2D eigenvalue weighted by atomic mass is 32.2. The lowest BCUT2D eigenvalue weighted by Crippen LogP contribution is -2.40. The number of sulfone groups is 1. The van der Waals surface area contributed by atoms with Crippen molar-refractivity contribution in [3.63, 3.8) is 0 Å². The highest BCUT2D eigenvalue weighted by molar-refractivity contribution is 7.91. The van der Waals surface area contributed by atoms with Gasteiger partial charge in [0, 0.05) is 12.5 Å².